The van der Waals surface area contributed by atoms with Gasteiger partial charge in [-0.2, -0.15) is 0 Å². The number of carbonyl (C=O) groups excluding carboxylic acids is 2. The monoisotopic (exact) mass is 403 g/mol. The lowest BCUT2D eigenvalue weighted by atomic mass is 10.0. The molecular formula is C21H29N3O5. The van der Waals surface area contributed by atoms with Crippen LogP contribution in [0.2, 0.25) is 0 Å². The molecule has 8 heteroatoms. The first-order valence-electron chi connectivity index (χ1n) is 9.55. The van der Waals surface area contributed by atoms with Gasteiger partial charge in [0.15, 0.2) is 0 Å². The van der Waals surface area contributed by atoms with Crippen LogP contribution in [0.4, 0.5) is 4.79 Å². The second-order valence-electron chi connectivity index (χ2n) is 8.33. The van der Waals surface area contributed by atoms with Gasteiger partial charge in [-0.05, 0) is 38.3 Å². The van der Waals surface area contributed by atoms with Crippen molar-refractivity contribution in [1.82, 2.24) is 15.6 Å². The highest BCUT2D eigenvalue weighted by molar-refractivity contribution is 5.90. The van der Waals surface area contributed by atoms with E-state index in [0.717, 1.165) is 16.5 Å². The Balaban J connectivity index is 2.12. The van der Waals surface area contributed by atoms with Crippen LogP contribution < -0.4 is 10.6 Å². The fraction of sp³-hybridized carbons (Fsp3) is 0.476. The highest BCUT2D eigenvalue weighted by atomic mass is 16.6. The van der Waals surface area contributed by atoms with Crippen LogP contribution in [0.15, 0.2) is 30.5 Å². The van der Waals surface area contributed by atoms with Crippen molar-refractivity contribution in [2.24, 2.45) is 5.92 Å². The Morgan fingerprint density at radius 2 is 1.79 bits per heavy atom. The van der Waals surface area contributed by atoms with Gasteiger partial charge in [0.25, 0.3) is 0 Å². The Morgan fingerprint density at radius 3 is 2.38 bits per heavy atom. The van der Waals surface area contributed by atoms with Gasteiger partial charge < -0.3 is 25.5 Å². The number of aromatic amines is 1. The van der Waals surface area contributed by atoms with Gasteiger partial charge in [-0.3, -0.25) is 4.79 Å². The number of carboxylic acids is 1. The zero-order chi connectivity index (χ0) is 21.8. The molecule has 29 heavy (non-hydrogen) atoms. The predicted octanol–water partition coefficient (Wildman–Crippen LogP) is 2.83. The van der Waals surface area contributed by atoms with E-state index < -0.39 is 35.7 Å². The minimum Gasteiger partial charge on any atom is -0.480 e. The van der Waals surface area contributed by atoms with E-state index in [-0.39, 0.29) is 12.3 Å². The lowest BCUT2D eigenvalue weighted by Gasteiger charge is -2.26. The molecule has 0 aliphatic rings. The number of hydrogen-bond donors (Lipinski definition) is 4. The number of alkyl carbamates (subject to hydrolysis) is 1. The largest absolute Gasteiger partial charge is 0.480 e. The Kier molecular flexibility index (Phi) is 6.89. The smallest absolute Gasteiger partial charge is 0.408 e. The fourth-order valence-corrected chi connectivity index (χ4v) is 2.95. The van der Waals surface area contributed by atoms with Crippen LogP contribution in [-0.4, -0.2) is 45.7 Å². The van der Waals surface area contributed by atoms with E-state index in [1.54, 1.807) is 40.8 Å². The summed E-state index contributed by atoms with van der Waals surface area (Å²) in [5, 5.41) is 15.6. The third-order valence-electron chi connectivity index (χ3n) is 4.33. The molecule has 1 heterocycles. The van der Waals surface area contributed by atoms with Crippen molar-refractivity contribution < 1.29 is 24.2 Å². The minimum atomic E-state index is -1.15. The van der Waals surface area contributed by atoms with Crippen LogP contribution in [0.3, 0.4) is 0 Å². The number of aliphatic carboxylic acids is 1. The number of ether oxygens (including phenoxy) is 1. The van der Waals surface area contributed by atoms with E-state index >= 15 is 0 Å². The summed E-state index contributed by atoms with van der Waals surface area (Å²) in [6, 6.07) is 5.48. The number of carboxylic acid groups (broad SMARTS) is 1. The summed E-state index contributed by atoms with van der Waals surface area (Å²) in [6.07, 6.45) is 1.13. The number of nitrogens with one attached hydrogen (secondary N) is 3. The molecule has 2 rings (SSSR count). The molecule has 2 amide bonds. The predicted molar refractivity (Wildman–Crippen MR) is 110 cm³/mol. The van der Waals surface area contributed by atoms with Gasteiger partial charge in [-0.15, -0.1) is 0 Å². The molecule has 0 bridgehead atoms. The molecule has 0 spiro atoms. The molecule has 2 unspecified atom stereocenters. The molecule has 4 N–H and O–H groups in total. The molecular weight excluding hydrogens is 374 g/mol. The molecule has 0 aliphatic heterocycles. The highest BCUT2D eigenvalue weighted by Crippen LogP contribution is 2.19. The summed E-state index contributed by atoms with van der Waals surface area (Å²) in [4.78, 5) is 39.7. The fourth-order valence-electron chi connectivity index (χ4n) is 2.95. The van der Waals surface area contributed by atoms with Crippen LogP contribution >= 0.6 is 0 Å². The van der Waals surface area contributed by atoms with Gasteiger partial charge >= 0.3 is 12.1 Å². The number of para-hydroxylation sites is 1. The van der Waals surface area contributed by atoms with Gasteiger partial charge in [-0.1, -0.05) is 32.0 Å². The number of fused-ring (bicyclic) bond motifs is 1. The molecule has 0 radical (unpaired) electrons. The summed E-state index contributed by atoms with van der Waals surface area (Å²) in [5.41, 5.74) is 0.972. The maximum absolute atomic E-state index is 12.7. The molecule has 158 valence electrons. The first-order valence-corrected chi connectivity index (χ1v) is 9.55. The topological polar surface area (TPSA) is 121 Å². The summed E-state index contributed by atoms with van der Waals surface area (Å²) in [5.74, 6) is -1.98. The van der Waals surface area contributed by atoms with E-state index in [9.17, 15) is 19.5 Å². The van der Waals surface area contributed by atoms with E-state index in [2.05, 4.69) is 15.6 Å². The molecule has 0 saturated carbocycles. The van der Waals surface area contributed by atoms with Crippen molar-refractivity contribution in [1.29, 1.82) is 0 Å². The van der Waals surface area contributed by atoms with E-state index in [1.807, 2.05) is 24.3 Å². The van der Waals surface area contributed by atoms with E-state index in [1.165, 1.54) is 0 Å². The minimum absolute atomic E-state index is 0.113. The molecule has 2 atom stereocenters. The molecule has 1 aromatic carbocycles. The van der Waals surface area contributed by atoms with Crippen LogP contribution in [0.5, 0.6) is 0 Å². The van der Waals surface area contributed by atoms with Crippen molar-refractivity contribution in [3.05, 3.63) is 36.0 Å². The van der Waals surface area contributed by atoms with Crippen molar-refractivity contribution in [3.8, 4) is 0 Å². The third kappa shape index (κ3) is 6.23. The Hall–Kier alpha value is -3.03. The van der Waals surface area contributed by atoms with Crippen LogP contribution in [0, 0.1) is 5.92 Å². The number of benzene rings is 1. The SMILES string of the molecule is CC(C)C(NC(=O)OC(C)(C)C)C(=O)NC(Cc1c[nH]c2ccccc12)C(=O)O. The first-order chi connectivity index (χ1) is 13.5. The van der Waals surface area contributed by atoms with Crippen LogP contribution in [-0.2, 0) is 20.7 Å². The van der Waals surface area contributed by atoms with Gasteiger partial charge in [0.05, 0.1) is 0 Å². The number of hydrogen-bond acceptors (Lipinski definition) is 4. The Bertz CT molecular complexity index is 882. The lowest BCUT2D eigenvalue weighted by molar-refractivity contribution is -0.142. The van der Waals surface area contributed by atoms with Crippen molar-refractivity contribution in [2.45, 2.75) is 58.7 Å². The number of rotatable bonds is 7. The highest BCUT2D eigenvalue weighted by Gasteiger charge is 2.30. The van der Waals surface area contributed by atoms with Crippen LogP contribution in [0.25, 0.3) is 10.9 Å². The van der Waals surface area contributed by atoms with Crippen molar-refractivity contribution >= 4 is 28.9 Å². The molecule has 1 aromatic heterocycles. The molecule has 0 fully saturated rings. The number of aromatic nitrogens is 1. The van der Waals surface area contributed by atoms with E-state index in [0.29, 0.717) is 0 Å². The van der Waals surface area contributed by atoms with Gasteiger partial charge in [0, 0.05) is 23.5 Å². The molecule has 0 saturated heterocycles. The zero-order valence-electron chi connectivity index (χ0n) is 17.4. The van der Waals surface area contributed by atoms with Crippen molar-refractivity contribution in [2.75, 3.05) is 0 Å². The van der Waals surface area contributed by atoms with Crippen molar-refractivity contribution in [3.63, 3.8) is 0 Å². The Labute approximate surface area is 170 Å². The first kappa shape index (κ1) is 22.3. The summed E-state index contributed by atoms with van der Waals surface area (Å²) >= 11 is 0. The maximum Gasteiger partial charge on any atom is 0.408 e. The normalized spacial score (nSPS) is 13.7. The lowest BCUT2D eigenvalue weighted by Crippen LogP contribution is -2.54. The standard InChI is InChI=1S/C21H29N3O5/c1-12(2)17(24-20(28)29-21(3,4)5)18(25)23-16(19(26)27)10-13-11-22-15-9-7-6-8-14(13)15/h6-9,11-12,16-17,22H,10H2,1-5H3,(H,23,25)(H,24,28)(H,26,27). The average Bonchev–Trinajstić information content (AvgIpc) is 3.00. The summed E-state index contributed by atoms with van der Waals surface area (Å²) < 4.78 is 5.20. The van der Waals surface area contributed by atoms with Crippen LogP contribution in [0.1, 0.15) is 40.2 Å². The second-order valence-corrected chi connectivity index (χ2v) is 8.33. The van der Waals surface area contributed by atoms with Gasteiger partial charge in [-0.25, -0.2) is 9.59 Å². The number of carbonyl (C=O) groups is 3. The zero-order valence-corrected chi connectivity index (χ0v) is 17.4. The summed E-state index contributed by atoms with van der Waals surface area (Å²) in [7, 11) is 0. The Morgan fingerprint density at radius 1 is 1.14 bits per heavy atom. The average molecular weight is 403 g/mol. The molecule has 0 aliphatic carbocycles. The van der Waals surface area contributed by atoms with Gasteiger partial charge in [0.1, 0.15) is 17.7 Å². The van der Waals surface area contributed by atoms with E-state index in [4.69, 9.17) is 4.74 Å². The second kappa shape index (κ2) is 8.98. The maximum atomic E-state index is 12.7. The molecule has 2 aromatic rings. The quantitative estimate of drug-likeness (QED) is 0.566. The third-order valence-corrected chi connectivity index (χ3v) is 4.33. The number of amides is 2. The molecule has 8 nitrogen and oxygen atoms in total. The summed E-state index contributed by atoms with van der Waals surface area (Å²) in [6.45, 7) is 8.68. The number of H-pyrrole nitrogens is 1. The van der Waals surface area contributed by atoms with Gasteiger partial charge in [0.2, 0.25) is 5.91 Å².